The summed E-state index contributed by atoms with van der Waals surface area (Å²) in [5.41, 5.74) is 0.573. The largest absolute Gasteiger partial charge is 0.488 e. The predicted octanol–water partition coefficient (Wildman–Crippen LogP) is 1.84. The Bertz CT molecular complexity index is 1400. The third-order valence-corrected chi connectivity index (χ3v) is 7.55. The molecule has 10 nitrogen and oxygen atoms in total. The molecule has 2 aromatic heterocycles. The van der Waals surface area contributed by atoms with Crippen LogP contribution in [-0.4, -0.2) is 75.4 Å². The van der Waals surface area contributed by atoms with Gasteiger partial charge in [-0.2, -0.15) is 4.31 Å². The van der Waals surface area contributed by atoms with Gasteiger partial charge in [-0.15, -0.1) is 0 Å². The van der Waals surface area contributed by atoms with Gasteiger partial charge in [-0.3, -0.25) is 0 Å². The highest BCUT2D eigenvalue weighted by molar-refractivity contribution is 7.88. The lowest BCUT2D eigenvalue weighted by Gasteiger charge is -2.34. The van der Waals surface area contributed by atoms with Crippen molar-refractivity contribution in [3.05, 3.63) is 29.7 Å². The molecule has 5 rings (SSSR count). The van der Waals surface area contributed by atoms with Gasteiger partial charge < -0.3 is 19.7 Å². The van der Waals surface area contributed by atoms with Crippen molar-refractivity contribution in [2.24, 2.45) is 0 Å². The van der Waals surface area contributed by atoms with Gasteiger partial charge in [0, 0.05) is 13.1 Å². The third kappa shape index (κ3) is 3.77. The molecule has 3 unspecified atom stereocenters. The number of anilines is 1. The highest BCUT2D eigenvalue weighted by atomic mass is 32.2. The number of piperidine rings is 1. The number of aromatic nitrogens is 4. The van der Waals surface area contributed by atoms with Crippen molar-refractivity contribution in [3.63, 3.8) is 0 Å². The molecule has 1 aromatic carbocycles. The molecule has 0 saturated carbocycles. The van der Waals surface area contributed by atoms with E-state index in [0.29, 0.717) is 30.1 Å². The number of nitrogens with one attached hydrogen (secondary N) is 1. The molecule has 4 heterocycles. The fourth-order valence-corrected chi connectivity index (χ4v) is 5.48. The molecular weight excluding hydrogens is 470 g/mol. The smallest absolute Gasteiger partial charge is 0.223 e. The van der Waals surface area contributed by atoms with E-state index >= 15 is 0 Å². The number of rotatable bonds is 4. The minimum absolute atomic E-state index is 0.0230. The van der Waals surface area contributed by atoms with Crippen molar-refractivity contribution in [3.8, 4) is 17.0 Å². The molecule has 0 amide bonds. The number of ether oxygens (including phenoxy) is 1. The monoisotopic (exact) mass is 494 g/mol. The van der Waals surface area contributed by atoms with Gasteiger partial charge >= 0.3 is 0 Å². The van der Waals surface area contributed by atoms with E-state index < -0.39 is 33.8 Å². The third-order valence-electron chi connectivity index (χ3n) is 6.28. The summed E-state index contributed by atoms with van der Waals surface area (Å²) in [6, 6.07) is 0.535. The predicted molar refractivity (Wildman–Crippen MR) is 120 cm³/mol. The number of hydrogen-bond acceptors (Lipinski definition) is 8. The molecule has 1 fully saturated rings. The lowest BCUT2D eigenvalue weighted by molar-refractivity contribution is 0.0950. The maximum atomic E-state index is 15.0. The van der Waals surface area contributed by atoms with Gasteiger partial charge in [0.05, 0.1) is 36.2 Å². The zero-order valence-corrected chi connectivity index (χ0v) is 19.6. The van der Waals surface area contributed by atoms with Crippen LogP contribution in [0.4, 0.5) is 14.7 Å². The van der Waals surface area contributed by atoms with E-state index in [0.717, 1.165) is 18.5 Å². The first-order valence-corrected chi connectivity index (χ1v) is 12.7. The second kappa shape index (κ2) is 8.10. The van der Waals surface area contributed by atoms with Crippen LogP contribution in [0.3, 0.4) is 0 Å². The quantitative estimate of drug-likeness (QED) is 0.564. The van der Waals surface area contributed by atoms with E-state index in [1.54, 1.807) is 6.92 Å². The van der Waals surface area contributed by atoms with Gasteiger partial charge in [0.2, 0.25) is 16.0 Å². The normalized spacial score (nSPS) is 23.2. The van der Waals surface area contributed by atoms with Crippen molar-refractivity contribution in [1.29, 1.82) is 0 Å². The van der Waals surface area contributed by atoms with Crippen LogP contribution in [0.25, 0.3) is 22.3 Å². The summed E-state index contributed by atoms with van der Waals surface area (Å²) in [5.74, 6) is -0.444. The molecule has 3 aromatic rings. The van der Waals surface area contributed by atoms with E-state index in [2.05, 4.69) is 20.3 Å². The number of aliphatic hydroxyl groups is 1. The summed E-state index contributed by atoms with van der Waals surface area (Å²) in [4.78, 5) is 12.5. The van der Waals surface area contributed by atoms with E-state index in [1.165, 1.54) is 4.31 Å². The highest BCUT2D eigenvalue weighted by Crippen LogP contribution is 2.42. The average molecular weight is 495 g/mol. The Hall–Kier alpha value is -2.90. The van der Waals surface area contributed by atoms with Crippen LogP contribution >= 0.6 is 0 Å². The number of imidazole rings is 1. The molecular formula is C21H24F2N6O4S. The van der Waals surface area contributed by atoms with Gasteiger partial charge in [0.15, 0.2) is 17.4 Å². The van der Waals surface area contributed by atoms with Crippen molar-refractivity contribution < 1.29 is 27.0 Å². The number of benzene rings is 1. The first kappa shape index (κ1) is 22.9. The van der Waals surface area contributed by atoms with Crippen LogP contribution < -0.4 is 10.1 Å². The first-order valence-electron chi connectivity index (χ1n) is 10.8. The molecule has 182 valence electrons. The highest BCUT2D eigenvalue weighted by Gasteiger charge is 2.33. The fourth-order valence-electron chi connectivity index (χ4n) is 4.62. The summed E-state index contributed by atoms with van der Waals surface area (Å²) >= 11 is 0. The maximum Gasteiger partial charge on any atom is 0.223 e. The topological polar surface area (TPSA) is 122 Å². The summed E-state index contributed by atoms with van der Waals surface area (Å²) in [7, 11) is -3.43. The first-order chi connectivity index (χ1) is 16.0. The molecule has 13 heteroatoms. The minimum atomic E-state index is -3.43. The van der Waals surface area contributed by atoms with Crippen molar-refractivity contribution >= 4 is 27.0 Å². The Morgan fingerprint density at radius 2 is 2.03 bits per heavy atom. The van der Waals surface area contributed by atoms with Crippen LogP contribution in [-0.2, 0) is 10.0 Å². The van der Waals surface area contributed by atoms with Crippen molar-refractivity contribution in [2.45, 2.75) is 38.5 Å². The van der Waals surface area contributed by atoms with Crippen molar-refractivity contribution in [2.75, 3.05) is 31.3 Å². The molecule has 0 aliphatic carbocycles. The number of nitrogens with zero attached hydrogens (tertiary/aromatic N) is 5. The molecule has 2 N–H and O–H groups in total. The lowest BCUT2D eigenvalue weighted by atomic mass is 10.0. The second-order valence-electron chi connectivity index (χ2n) is 8.74. The summed E-state index contributed by atoms with van der Waals surface area (Å²) in [6.07, 6.45) is 1.33. The van der Waals surface area contributed by atoms with Crippen LogP contribution in [0.15, 0.2) is 12.3 Å². The van der Waals surface area contributed by atoms with Gasteiger partial charge in [0.25, 0.3) is 0 Å². The molecule has 3 atom stereocenters. The second-order valence-corrected chi connectivity index (χ2v) is 10.7. The molecule has 0 spiro atoms. The Kier molecular flexibility index (Phi) is 5.45. The Morgan fingerprint density at radius 1 is 1.26 bits per heavy atom. The molecule has 2 aliphatic heterocycles. The zero-order valence-electron chi connectivity index (χ0n) is 18.8. The lowest BCUT2D eigenvalue weighted by Crippen LogP contribution is -2.51. The summed E-state index contributed by atoms with van der Waals surface area (Å²) in [6.45, 7) is 4.14. The Balaban J connectivity index is 1.51. The summed E-state index contributed by atoms with van der Waals surface area (Å²) < 4.78 is 62.3. The number of halogens is 2. The average Bonchev–Trinajstić information content (AvgIpc) is 3.13. The number of aliphatic hydroxyl groups excluding tert-OH is 1. The summed E-state index contributed by atoms with van der Waals surface area (Å²) in [5, 5.41) is 13.4. The standard InChI is InChI=1S/C21H24F2N6O4S/c1-10-9-33-20-12(6-13(22)18-19(20)29(10)11(2)25-18)17-14(23)7-24-21(27-17)26-15-4-5-28(8-16(15)30)34(3,31)32/h6-7,10,15-16,30H,4-5,8-9H2,1-3H3,(H,24,26,27). The molecule has 0 radical (unpaired) electrons. The molecule has 34 heavy (non-hydrogen) atoms. The van der Waals surface area contributed by atoms with Gasteiger partial charge in [0.1, 0.15) is 29.2 Å². The number of aryl methyl sites for hydroxylation is 1. The van der Waals surface area contributed by atoms with E-state index in [4.69, 9.17) is 4.74 Å². The molecule has 1 saturated heterocycles. The Morgan fingerprint density at radius 3 is 2.74 bits per heavy atom. The SMILES string of the molecule is Cc1nc2c(F)cc(-c3nc(NC4CCN(S(C)(=O)=O)CC4O)ncc3F)c3c2n1C(C)CO3. The Labute approximate surface area is 194 Å². The molecule has 2 aliphatic rings. The van der Waals surface area contributed by atoms with E-state index in [-0.39, 0.29) is 41.9 Å². The fraction of sp³-hybridized carbons (Fsp3) is 0.476. The van der Waals surface area contributed by atoms with Gasteiger partial charge in [-0.05, 0) is 26.3 Å². The molecule has 0 bridgehead atoms. The van der Waals surface area contributed by atoms with Gasteiger partial charge in [-0.25, -0.2) is 32.2 Å². The van der Waals surface area contributed by atoms with Crippen LogP contribution in [0.5, 0.6) is 5.75 Å². The van der Waals surface area contributed by atoms with Crippen LogP contribution in [0.2, 0.25) is 0 Å². The van der Waals surface area contributed by atoms with E-state index in [1.807, 2.05) is 11.5 Å². The number of β-amino-alcohol motifs (C(OH)–C–C–N with tert-alkyl or cyclic N) is 1. The van der Waals surface area contributed by atoms with Crippen molar-refractivity contribution in [1.82, 2.24) is 23.8 Å². The van der Waals surface area contributed by atoms with Crippen LogP contribution in [0.1, 0.15) is 25.2 Å². The zero-order chi connectivity index (χ0) is 24.4. The van der Waals surface area contributed by atoms with E-state index in [9.17, 15) is 22.3 Å². The van der Waals surface area contributed by atoms with Gasteiger partial charge in [-0.1, -0.05) is 0 Å². The van der Waals surface area contributed by atoms with Crippen LogP contribution in [0, 0.1) is 18.6 Å². The number of hydrogen-bond donors (Lipinski definition) is 2. The maximum absolute atomic E-state index is 15.0. The minimum Gasteiger partial charge on any atom is -0.488 e. The number of sulfonamides is 1.